The van der Waals surface area contributed by atoms with E-state index in [4.69, 9.17) is 0 Å². The Hall–Kier alpha value is -2.25. The van der Waals surface area contributed by atoms with Crippen LogP contribution < -0.4 is 9.21 Å². The average molecular weight is 415 g/mol. The molecule has 2 heterocycles. The van der Waals surface area contributed by atoms with E-state index in [2.05, 4.69) is 25.6 Å². The number of anilines is 2. The lowest BCUT2D eigenvalue weighted by atomic mass is 10.1. The number of rotatable bonds is 4. The van der Waals surface area contributed by atoms with E-state index in [1.807, 2.05) is 35.2 Å². The Morgan fingerprint density at radius 3 is 2.41 bits per heavy atom. The summed E-state index contributed by atoms with van der Waals surface area (Å²) < 4.78 is 19.3. The number of carbonyl (C=O) groups is 1. The van der Waals surface area contributed by atoms with Gasteiger partial charge in [-0.3, -0.25) is 4.79 Å². The molecule has 2 aromatic carbocycles. The molecule has 7 heteroatoms. The molecule has 154 valence electrons. The summed E-state index contributed by atoms with van der Waals surface area (Å²) in [5.74, 6) is -0.0521. The lowest BCUT2D eigenvalue weighted by Gasteiger charge is -2.36. The van der Waals surface area contributed by atoms with Crippen LogP contribution in [0.1, 0.15) is 18.9 Å². The van der Waals surface area contributed by atoms with Crippen LogP contribution >= 0.6 is 12.1 Å². The van der Waals surface area contributed by atoms with E-state index in [0.717, 1.165) is 43.9 Å². The third-order valence-corrected chi connectivity index (χ3v) is 6.63. The Morgan fingerprint density at radius 2 is 1.72 bits per heavy atom. The first-order valence-electron chi connectivity index (χ1n) is 10.1. The van der Waals surface area contributed by atoms with Crippen molar-refractivity contribution in [2.75, 3.05) is 48.5 Å². The Balaban J connectivity index is 1.38. The predicted molar refractivity (Wildman–Crippen MR) is 117 cm³/mol. The standard InChI is InChI=1S/C22H27FN4OS/c1-18(28)24-12-14-25(15-13-24)21-9-8-19(22(23)16-21)17-26-10-5-11-27(29-26)20-6-3-2-4-7-20/h2-4,6-9,16H,5,10-15,17H2,1H3. The molecule has 2 aliphatic rings. The van der Waals surface area contributed by atoms with E-state index < -0.39 is 0 Å². The fourth-order valence-corrected chi connectivity index (χ4v) is 4.93. The van der Waals surface area contributed by atoms with Crippen LogP contribution in [0.3, 0.4) is 0 Å². The van der Waals surface area contributed by atoms with Crippen LogP contribution in [0.5, 0.6) is 0 Å². The number of para-hydroxylation sites is 1. The highest BCUT2D eigenvalue weighted by atomic mass is 32.2. The highest BCUT2D eigenvalue weighted by Gasteiger charge is 2.22. The highest BCUT2D eigenvalue weighted by molar-refractivity contribution is 7.98. The van der Waals surface area contributed by atoms with Crippen molar-refractivity contribution in [1.82, 2.24) is 9.21 Å². The summed E-state index contributed by atoms with van der Waals surface area (Å²) >= 11 is 1.68. The third kappa shape index (κ3) is 4.85. The summed E-state index contributed by atoms with van der Waals surface area (Å²) in [7, 11) is 0. The van der Waals surface area contributed by atoms with Crippen LogP contribution in [0, 0.1) is 5.82 Å². The molecule has 4 rings (SSSR count). The highest BCUT2D eigenvalue weighted by Crippen LogP contribution is 2.31. The number of piperazine rings is 1. The summed E-state index contributed by atoms with van der Waals surface area (Å²) in [5.41, 5.74) is 2.80. The molecule has 1 amide bonds. The quantitative estimate of drug-likeness (QED) is 0.711. The second kappa shape index (κ2) is 9.05. The molecule has 5 nitrogen and oxygen atoms in total. The van der Waals surface area contributed by atoms with Crippen LogP contribution in [0.25, 0.3) is 0 Å². The first kappa shape index (κ1) is 20.0. The van der Waals surface area contributed by atoms with Crippen LogP contribution in [-0.4, -0.2) is 54.4 Å². The van der Waals surface area contributed by atoms with E-state index in [9.17, 15) is 9.18 Å². The monoisotopic (exact) mass is 414 g/mol. The molecule has 0 atom stereocenters. The summed E-state index contributed by atoms with van der Waals surface area (Å²) in [6.07, 6.45) is 1.06. The van der Waals surface area contributed by atoms with E-state index in [1.54, 1.807) is 25.1 Å². The van der Waals surface area contributed by atoms with Crippen molar-refractivity contribution >= 4 is 29.4 Å². The summed E-state index contributed by atoms with van der Waals surface area (Å²) in [4.78, 5) is 15.5. The summed E-state index contributed by atoms with van der Waals surface area (Å²) in [6.45, 7) is 7.00. The fraction of sp³-hybridized carbons (Fsp3) is 0.409. The zero-order chi connectivity index (χ0) is 20.2. The maximum Gasteiger partial charge on any atom is 0.219 e. The minimum absolute atomic E-state index is 0.106. The molecule has 0 aromatic heterocycles. The van der Waals surface area contributed by atoms with Gasteiger partial charge in [0.15, 0.2) is 0 Å². The van der Waals surface area contributed by atoms with Gasteiger partial charge in [0.2, 0.25) is 5.91 Å². The summed E-state index contributed by atoms with van der Waals surface area (Å²) in [6, 6.07) is 15.9. The molecule has 0 N–H and O–H groups in total. The lowest BCUT2D eigenvalue weighted by Crippen LogP contribution is -2.48. The number of carbonyl (C=O) groups excluding carboxylic acids is 1. The molecule has 2 saturated heterocycles. The van der Waals surface area contributed by atoms with Gasteiger partial charge in [-0.05, 0) is 30.7 Å². The largest absolute Gasteiger partial charge is 0.368 e. The maximum atomic E-state index is 14.8. The molecule has 0 aliphatic carbocycles. The molecule has 0 saturated carbocycles. The van der Waals surface area contributed by atoms with Crippen molar-refractivity contribution in [2.45, 2.75) is 19.9 Å². The van der Waals surface area contributed by atoms with Crippen LogP contribution in [0.2, 0.25) is 0 Å². The number of nitrogens with zero attached hydrogens (tertiary/aromatic N) is 4. The first-order valence-corrected chi connectivity index (χ1v) is 10.9. The Bertz CT molecular complexity index is 842. The summed E-state index contributed by atoms with van der Waals surface area (Å²) in [5, 5.41) is 0. The van der Waals surface area contributed by atoms with Gasteiger partial charge in [-0.1, -0.05) is 24.3 Å². The third-order valence-electron chi connectivity index (χ3n) is 5.50. The van der Waals surface area contributed by atoms with Crippen molar-refractivity contribution in [2.24, 2.45) is 0 Å². The number of hydrogen-bond acceptors (Lipinski definition) is 5. The van der Waals surface area contributed by atoms with Gasteiger partial charge in [0.25, 0.3) is 0 Å². The number of amides is 1. The SMILES string of the molecule is CC(=O)N1CCN(c2ccc(CN3CCCN(c4ccccc4)S3)c(F)c2)CC1. The molecule has 29 heavy (non-hydrogen) atoms. The zero-order valence-electron chi connectivity index (χ0n) is 16.8. The number of benzene rings is 2. The smallest absolute Gasteiger partial charge is 0.219 e. The van der Waals surface area contributed by atoms with Crippen molar-refractivity contribution in [1.29, 1.82) is 0 Å². The first-order chi connectivity index (χ1) is 14.1. The van der Waals surface area contributed by atoms with Gasteiger partial charge >= 0.3 is 0 Å². The molecular formula is C22H27FN4OS. The normalized spacial score (nSPS) is 18.2. The topological polar surface area (TPSA) is 30.0 Å². The van der Waals surface area contributed by atoms with Crippen molar-refractivity contribution in [3.8, 4) is 0 Å². The van der Waals surface area contributed by atoms with Gasteiger partial charge in [0.05, 0.1) is 0 Å². The minimum Gasteiger partial charge on any atom is -0.368 e. The fourth-order valence-electron chi connectivity index (χ4n) is 3.82. The van der Waals surface area contributed by atoms with Gasteiger partial charge in [0.1, 0.15) is 5.82 Å². The molecule has 2 aromatic rings. The van der Waals surface area contributed by atoms with Gasteiger partial charge in [0, 0.05) is 81.8 Å². The molecule has 0 radical (unpaired) electrons. The van der Waals surface area contributed by atoms with Gasteiger partial charge in [-0.15, -0.1) is 0 Å². The molecule has 0 bridgehead atoms. The van der Waals surface area contributed by atoms with Crippen LogP contribution in [0.15, 0.2) is 48.5 Å². The number of halogens is 1. The van der Waals surface area contributed by atoms with E-state index in [0.29, 0.717) is 19.6 Å². The molecule has 0 spiro atoms. The zero-order valence-corrected chi connectivity index (χ0v) is 17.6. The van der Waals surface area contributed by atoms with Gasteiger partial charge in [-0.25, -0.2) is 8.70 Å². The maximum absolute atomic E-state index is 14.8. The van der Waals surface area contributed by atoms with Gasteiger partial charge < -0.3 is 14.1 Å². The van der Waals surface area contributed by atoms with Crippen molar-refractivity contribution in [3.05, 3.63) is 59.9 Å². The lowest BCUT2D eigenvalue weighted by molar-refractivity contribution is -0.129. The second-order valence-corrected chi connectivity index (χ2v) is 8.63. The van der Waals surface area contributed by atoms with E-state index >= 15 is 0 Å². The van der Waals surface area contributed by atoms with Gasteiger partial charge in [-0.2, -0.15) is 0 Å². The van der Waals surface area contributed by atoms with Crippen molar-refractivity contribution in [3.63, 3.8) is 0 Å². The van der Waals surface area contributed by atoms with E-state index in [-0.39, 0.29) is 11.7 Å². The second-order valence-electron chi connectivity index (χ2n) is 7.51. The molecule has 2 aliphatic heterocycles. The molecule has 0 unspecified atom stereocenters. The Labute approximate surface area is 176 Å². The molecular weight excluding hydrogens is 387 g/mol. The van der Waals surface area contributed by atoms with Crippen LogP contribution in [-0.2, 0) is 11.3 Å². The predicted octanol–water partition coefficient (Wildman–Crippen LogP) is 3.77. The van der Waals surface area contributed by atoms with E-state index in [1.165, 1.54) is 5.69 Å². The number of hydrogen-bond donors (Lipinski definition) is 0. The Kier molecular flexibility index (Phi) is 6.25. The van der Waals surface area contributed by atoms with Crippen molar-refractivity contribution < 1.29 is 9.18 Å². The van der Waals surface area contributed by atoms with Crippen LogP contribution in [0.4, 0.5) is 15.8 Å². The average Bonchev–Trinajstić information content (AvgIpc) is 2.76. The molecule has 2 fully saturated rings. The minimum atomic E-state index is -0.158. The Morgan fingerprint density at radius 1 is 0.966 bits per heavy atom.